The zero-order chi connectivity index (χ0) is 28.7. The number of anilines is 2. The van der Waals surface area contributed by atoms with Crippen LogP contribution in [0.3, 0.4) is 0 Å². The Kier molecular flexibility index (Phi) is 8.19. The van der Waals surface area contributed by atoms with Gasteiger partial charge in [-0.1, -0.05) is 0 Å². The lowest BCUT2D eigenvalue weighted by Gasteiger charge is -2.31. The minimum atomic E-state index is -6.93. The molecular formula is C16H8F16N2O2. The van der Waals surface area contributed by atoms with Crippen molar-refractivity contribution < 1.29 is 79.8 Å². The van der Waals surface area contributed by atoms with Crippen LogP contribution >= 0.6 is 0 Å². The van der Waals surface area contributed by atoms with Gasteiger partial charge in [-0.2, -0.15) is 52.7 Å². The second-order valence-corrected chi connectivity index (χ2v) is 6.63. The van der Waals surface area contributed by atoms with Gasteiger partial charge >= 0.3 is 60.2 Å². The molecule has 0 spiro atoms. The summed E-state index contributed by atoms with van der Waals surface area (Å²) in [5, 5.41) is 1.71. The van der Waals surface area contributed by atoms with Crippen LogP contribution in [0.25, 0.3) is 0 Å². The Bertz CT molecular complexity index is 884. The van der Waals surface area contributed by atoms with E-state index in [0.29, 0.717) is 0 Å². The molecule has 0 saturated carbocycles. The summed E-state index contributed by atoms with van der Waals surface area (Å²) in [6, 6.07) is 0.988. The van der Waals surface area contributed by atoms with E-state index >= 15 is 0 Å². The molecule has 0 heterocycles. The van der Waals surface area contributed by atoms with E-state index in [9.17, 15) is 79.8 Å². The molecule has 0 aromatic heterocycles. The Labute approximate surface area is 187 Å². The molecule has 1 aromatic carbocycles. The Morgan fingerprint density at radius 1 is 0.528 bits per heavy atom. The number of benzene rings is 1. The number of hydrogen-bond donors (Lipinski definition) is 2. The summed E-state index contributed by atoms with van der Waals surface area (Å²) in [7, 11) is 0. The predicted octanol–water partition coefficient (Wildman–Crippen LogP) is 5.91. The van der Waals surface area contributed by atoms with E-state index in [4.69, 9.17) is 0 Å². The first kappa shape index (κ1) is 31.1. The maximum Gasteiger partial charge on any atom is 0.393 e. The fourth-order valence-electron chi connectivity index (χ4n) is 2.03. The molecule has 1 aromatic rings. The summed E-state index contributed by atoms with van der Waals surface area (Å²) in [6.07, 6.45) is -10.7. The topological polar surface area (TPSA) is 58.2 Å². The van der Waals surface area contributed by atoms with Gasteiger partial charge in [-0.05, 0) is 24.3 Å². The van der Waals surface area contributed by atoms with Crippen molar-refractivity contribution in [2.75, 3.05) is 10.6 Å². The first-order valence-electron chi connectivity index (χ1n) is 8.45. The van der Waals surface area contributed by atoms with E-state index in [2.05, 4.69) is 0 Å². The standard InChI is InChI=1S/C16H8F16N2O2/c17-7(18)11(21,22)15(29,30)13(25,26)9(35)33-5-1-2-6(4-3-5)34-10(36)14(27,28)16(31,32)12(23,24)8(19)20/h1-4,7-8H,(H,33,35)(H,34,36). The Morgan fingerprint density at radius 2 is 0.750 bits per heavy atom. The van der Waals surface area contributed by atoms with E-state index in [0.717, 1.165) is 10.6 Å². The van der Waals surface area contributed by atoms with Crippen molar-refractivity contribution in [3.05, 3.63) is 24.3 Å². The van der Waals surface area contributed by atoms with Crippen molar-refractivity contribution in [3.63, 3.8) is 0 Å². The number of alkyl halides is 16. The van der Waals surface area contributed by atoms with Crippen LogP contribution in [-0.2, 0) is 9.59 Å². The molecule has 0 aliphatic heterocycles. The smallest absolute Gasteiger partial charge is 0.321 e. The molecule has 2 amide bonds. The number of nitrogens with one attached hydrogen (secondary N) is 2. The zero-order valence-corrected chi connectivity index (χ0v) is 16.3. The van der Waals surface area contributed by atoms with E-state index < -0.39 is 71.6 Å². The number of amides is 2. The third kappa shape index (κ3) is 4.97. The molecule has 0 bridgehead atoms. The molecule has 0 aliphatic rings. The van der Waals surface area contributed by atoms with Gasteiger partial charge in [-0.15, -0.1) is 0 Å². The fourth-order valence-corrected chi connectivity index (χ4v) is 2.03. The third-order valence-electron chi connectivity index (χ3n) is 4.15. The lowest BCUT2D eigenvalue weighted by atomic mass is 10.0. The van der Waals surface area contributed by atoms with Gasteiger partial charge in [0.2, 0.25) is 0 Å². The van der Waals surface area contributed by atoms with Crippen LogP contribution in [0, 0.1) is 0 Å². The SMILES string of the molecule is O=C(Nc1ccc(NC(=O)C(F)(F)C(F)(F)C(F)(F)C(F)F)cc1)C(F)(F)C(F)(F)C(F)(F)C(F)F. The predicted molar refractivity (Wildman–Crippen MR) is 85.4 cm³/mol. The van der Waals surface area contributed by atoms with Gasteiger partial charge in [-0.3, -0.25) is 9.59 Å². The van der Waals surface area contributed by atoms with Crippen LogP contribution in [0.5, 0.6) is 0 Å². The second-order valence-electron chi connectivity index (χ2n) is 6.63. The number of carbonyl (C=O) groups excluding carboxylic acids is 2. The van der Waals surface area contributed by atoms with Crippen LogP contribution in [0.15, 0.2) is 24.3 Å². The normalized spacial score (nSPS) is 14.3. The minimum absolute atomic E-state index is 0.247. The fraction of sp³-hybridized carbons (Fsp3) is 0.500. The van der Waals surface area contributed by atoms with Gasteiger partial charge in [0.25, 0.3) is 0 Å². The van der Waals surface area contributed by atoms with E-state index in [-0.39, 0.29) is 24.3 Å². The molecule has 0 atom stereocenters. The van der Waals surface area contributed by atoms with Crippen LogP contribution in [0.1, 0.15) is 0 Å². The van der Waals surface area contributed by atoms with Crippen molar-refractivity contribution in [3.8, 4) is 0 Å². The summed E-state index contributed by atoms with van der Waals surface area (Å²) < 4.78 is 206. The summed E-state index contributed by atoms with van der Waals surface area (Å²) in [6.45, 7) is 0. The summed E-state index contributed by atoms with van der Waals surface area (Å²) in [5.41, 5.74) is -2.15. The lowest BCUT2D eigenvalue weighted by Crippen LogP contribution is -2.61. The quantitative estimate of drug-likeness (QED) is 0.348. The number of halogens is 16. The highest BCUT2D eigenvalue weighted by atomic mass is 19.4. The van der Waals surface area contributed by atoms with Crippen LogP contribution in [-0.4, -0.2) is 60.2 Å². The Morgan fingerprint density at radius 3 is 0.944 bits per heavy atom. The molecule has 36 heavy (non-hydrogen) atoms. The lowest BCUT2D eigenvalue weighted by molar-refractivity contribution is -0.326. The minimum Gasteiger partial charge on any atom is -0.321 e. The van der Waals surface area contributed by atoms with E-state index in [1.54, 1.807) is 0 Å². The third-order valence-corrected chi connectivity index (χ3v) is 4.15. The number of carbonyl (C=O) groups is 2. The average Bonchev–Trinajstić information content (AvgIpc) is 2.73. The van der Waals surface area contributed by atoms with Gasteiger partial charge in [0.05, 0.1) is 0 Å². The molecule has 2 N–H and O–H groups in total. The molecule has 1 rings (SSSR count). The van der Waals surface area contributed by atoms with Crippen LogP contribution < -0.4 is 10.6 Å². The summed E-state index contributed by atoms with van der Waals surface area (Å²) in [5.74, 6) is -46.7. The Balaban J connectivity index is 3.07. The number of rotatable bonds is 10. The van der Waals surface area contributed by atoms with Crippen molar-refractivity contribution in [2.24, 2.45) is 0 Å². The first-order valence-corrected chi connectivity index (χ1v) is 8.45. The molecule has 0 saturated heterocycles. The van der Waals surface area contributed by atoms with E-state index in [1.165, 1.54) is 0 Å². The van der Waals surface area contributed by atoms with Gasteiger partial charge in [0, 0.05) is 11.4 Å². The van der Waals surface area contributed by atoms with Gasteiger partial charge in [0.15, 0.2) is 0 Å². The first-order chi connectivity index (χ1) is 15.9. The largest absolute Gasteiger partial charge is 0.393 e. The van der Waals surface area contributed by atoms with Crippen molar-refractivity contribution in [1.82, 2.24) is 0 Å². The van der Waals surface area contributed by atoms with Gasteiger partial charge in [0.1, 0.15) is 0 Å². The maximum atomic E-state index is 13.5. The van der Waals surface area contributed by atoms with Crippen molar-refractivity contribution in [2.45, 2.75) is 48.4 Å². The molecule has 4 nitrogen and oxygen atoms in total. The second kappa shape index (κ2) is 9.49. The van der Waals surface area contributed by atoms with Crippen molar-refractivity contribution >= 4 is 23.2 Å². The maximum absolute atomic E-state index is 13.5. The molecule has 20 heteroatoms. The van der Waals surface area contributed by atoms with Crippen molar-refractivity contribution in [1.29, 1.82) is 0 Å². The summed E-state index contributed by atoms with van der Waals surface area (Å²) in [4.78, 5) is 22.6. The monoisotopic (exact) mass is 564 g/mol. The molecule has 0 fully saturated rings. The van der Waals surface area contributed by atoms with Gasteiger partial charge in [-0.25, -0.2) is 17.6 Å². The Hall–Kier alpha value is -2.96. The highest BCUT2D eigenvalue weighted by molar-refractivity contribution is 5.99. The van der Waals surface area contributed by atoms with Gasteiger partial charge < -0.3 is 10.6 Å². The molecule has 206 valence electrons. The zero-order valence-electron chi connectivity index (χ0n) is 16.3. The average molecular weight is 564 g/mol. The molecule has 0 radical (unpaired) electrons. The van der Waals surface area contributed by atoms with Crippen LogP contribution in [0.2, 0.25) is 0 Å². The highest BCUT2D eigenvalue weighted by Crippen LogP contribution is 2.50. The molecule has 0 aliphatic carbocycles. The molecular weight excluding hydrogens is 556 g/mol. The highest BCUT2D eigenvalue weighted by Gasteiger charge is 2.79. The summed E-state index contributed by atoms with van der Waals surface area (Å²) >= 11 is 0. The van der Waals surface area contributed by atoms with E-state index in [1.807, 2.05) is 0 Å². The van der Waals surface area contributed by atoms with Crippen LogP contribution in [0.4, 0.5) is 81.6 Å². The molecule has 0 unspecified atom stereocenters. The number of hydrogen-bond acceptors (Lipinski definition) is 2.